The van der Waals surface area contributed by atoms with Gasteiger partial charge in [-0.2, -0.15) is 0 Å². The largest absolute Gasteiger partial charge is 0.481 e. The molecule has 8 nitrogen and oxygen atoms in total. The Morgan fingerprint density at radius 1 is 0.432 bits per heavy atom. The predicted molar refractivity (Wildman–Crippen MR) is 176 cm³/mol. The van der Waals surface area contributed by atoms with E-state index < -0.39 is 45.5 Å². The number of carboxylic acid groups (broad SMARTS) is 4. The van der Waals surface area contributed by atoms with E-state index >= 15 is 0 Å². The van der Waals surface area contributed by atoms with Crippen molar-refractivity contribution in [2.45, 2.75) is 171 Å². The third kappa shape index (κ3) is 13.1. The second-order valence-electron chi connectivity index (χ2n) is 14.9. The summed E-state index contributed by atoms with van der Waals surface area (Å²) in [4.78, 5) is 50.4. The van der Waals surface area contributed by atoms with Crippen molar-refractivity contribution in [2.75, 3.05) is 0 Å². The maximum atomic E-state index is 12.7. The molecule has 0 rings (SSSR count). The molecule has 0 aliphatic rings. The van der Waals surface area contributed by atoms with E-state index in [1.165, 1.54) is 0 Å². The molecule has 0 spiro atoms. The highest BCUT2D eigenvalue weighted by atomic mass is 16.4. The zero-order valence-electron chi connectivity index (χ0n) is 29.3. The van der Waals surface area contributed by atoms with Crippen LogP contribution in [0.2, 0.25) is 0 Å². The van der Waals surface area contributed by atoms with Gasteiger partial charge in [0.1, 0.15) is 0 Å². The van der Waals surface area contributed by atoms with E-state index in [-0.39, 0.29) is 11.8 Å². The number of carboxylic acids is 4. The number of rotatable bonds is 27. The molecule has 0 fully saturated rings. The Bertz CT molecular complexity index is 831. The fourth-order valence-electron chi connectivity index (χ4n) is 6.71. The first kappa shape index (κ1) is 41.9. The highest BCUT2D eigenvalue weighted by Gasteiger charge is 2.44. The van der Waals surface area contributed by atoms with Crippen LogP contribution < -0.4 is 0 Å². The molecule has 8 heteroatoms. The van der Waals surface area contributed by atoms with Crippen molar-refractivity contribution in [3.05, 3.63) is 0 Å². The molecule has 0 aliphatic heterocycles. The van der Waals surface area contributed by atoms with Crippen LogP contribution in [0.4, 0.5) is 0 Å². The summed E-state index contributed by atoms with van der Waals surface area (Å²) in [5.41, 5.74) is -4.06. The molecule has 4 N–H and O–H groups in total. The highest BCUT2D eigenvalue weighted by molar-refractivity contribution is 5.75. The molecule has 0 radical (unpaired) electrons. The van der Waals surface area contributed by atoms with E-state index in [0.717, 1.165) is 51.4 Å². The summed E-state index contributed by atoms with van der Waals surface area (Å²) in [6.07, 6.45) is 10.6. The molecule has 0 aromatic carbocycles. The van der Waals surface area contributed by atoms with Crippen LogP contribution >= 0.6 is 0 Å². The number of aliphatic carboxylic acids is 4. The number of hydrogen-bond donors (Lipinski definition) is 4. The van der Waals surface area contributed by atoms with Crippen molar-refractivity contribution in [1.82, 2.24) is 0 Å². The van der Waals surface area contributed by atoms with Gasteiger partial charge in [0.25, 0.3) is 0 Å². The quantitative estimate of drug-likeness (QED) is 0.0704. The van der Waals surface area contributed by atoms with Crippen LogP contribution in [-0.4, -0.2) is 44.3 Å². The lowest BCUT2D eigenvalue weighted by Gasteiger charge is -2.40. The summed E-state index contributed by atoms with van der Waals surface area (Å²) in [5, 5.41) is 41.3. The monoisotopic (exact) mass is 626 g/mol. The SMILES string of the molecule is CCCCC(C)(CCC(CC(C)(CCCC)C(=O)O)C(CCC(C)(CCCC)C(=O)O)CC(C)(CCCC)C(=O)O)C(=O)O. The van der Waals surface area contributed by atoms with Crippen molar-refractivity contribution < 1.29 is 39.6 Å². The molecule has 44 heavy (non-hydrogen) atoms. The van der Waals surface area contributed by atoms with Crippen LogP contribution in [0.1, 0.15) is 171 Å². The molecule has 258 valence electrons. The Hall–Kier alpha value is -2.12. The van der Waals surface area contributed by atoms with Crippen molar-refractivity contribution >= 4 is 23.9 Å². The summed E-state index contributed by atoms with van der Waals surface area (Å²) >= 11 is 0. The molecule has 0 bridgehead atoms. The van der Waals surface area contributed by atoms with Gasteiger partial charge in [0.2, 0.25) is 0 Å². The van der Waals surface area contributed by atoms with Crippen molar-refractivity contribution in [1.29, 1.82) is 0 Å². The van der Waals surface area contributed by atoms with E-state index in [1.54, 1.807) is 27.7 Å². The lowest BCUT2D eigenvalue weighted by Crippen LogP contribution is -2.38. The van der Waals surface area contributed by atoms with Gasteiger partial charge in [0, 0.05) is 0 Å². The Kier molecular flexibility index (Phi) is 18.5. The minimum atomic E-state index is -1.05. The fraction of sp³-hybridized carbons (Fsp3) is 0.889. The summed E-state index contributed by atoms with van der Waals surface area (Å²) < 4.78 is 0. The van der Waals surface area contributed by atoms with Crippen LogP contribution in [0.25, 0.3) is 0 Å². The number of carbonyl (C=O) groups is 4. The van der Waals surface area contributed by atoms with Gasteiger partial charge in [0.15, 0.2) is 0 Å². The Morgan fingerprint density at radius 2 is 0.659 bits per heavy atom. The van der Waals surface area contributed by atoms with Gasteiger partial charge in [-0.3, -0.25) is 19.2 Å². The first-order valence-electron chi connectivity index (χ1n) is 17.3. The van der Waals surface area contributed by atoms with E-state index in [9.17, 15) is 39.6 Å². The molecule has 0 amide bonds. The van der Waals surface area contributed by atoms with Gasteiger partial charge < -0.3 is 20.4 Å². The second kappa shape index (κ2) is 19.4. The molecule has 0 aromatic rings. The van der Waals surface area contributed by atoms with Gasteiger partial charge in [-0.15, -0.1) is 0 Å². The lowest BCUT2D eigenvalue weighted by molar-refractivity contribution is -0.153. The maximum Gasteiger partial charge on any atom is 0.309 e. The van der Waals surface area contributed by atoms with Gasteiger partial charge in [-0.25, -0.2) is 0 Å². The Morgan fingerprint density at radius 3 is 0.864 bits per heavy atom. The average Bonchev–Trinajstić information content (AvgIpc) is 2.96. The van der Waals surface area contributed by atoms with Gasteiger partial charge in [0.05, 0.1) is 21.7 Å². The Labute approximate surface area is 267 Å². The van der Waals surface area contributed by atoms with Crippen molar-refractivity contribution in [2.24, 2.45) is 33.5 Å². The van der Waals surface area contributed by atoms with Gasteiger partial charge in [-0.1, -0.05) is 79.1 Å². The van der Waals surface area contributed by atoms with E-state index in [1.807, 2.05) is 27.7 Å². The van der Waals surface area contributed by atoms with Gasteiger partial charge >= 0.3 is 23.9 Å². The van der Waals surface area contributed by atoms with Crippen LogP contribution in [-0.2, 0) is 19.2 Å². The van der Waals surface area contributed by atoms with Crippen LogP contribution in [0.5, 0.6) is 0 Å². The smallest absolute Gasteiger partial charge is 0.309 e. The first-order valence-corrected chi connectivity index (χ1v) is 17.3. The zero-order chi connectivity index (χ0) is 34.2. The molecule has 0 saturated carbocycles. The average molecular weight is 627 g/mol. The fourth-order valence-corrected chi connectivity index (χ4v) is 6.71. The maximum absolute atomic E-state index is 12.7. The van der Waals surface area contributed by atoms with Crippen LogP contribution in [0, 0.1) is 33.5 Å². The normalized spacial score (nSPS) is 18.6. The third-order valence-corrected chi connectivity index (χ3v) is 10.6. The van der Waals surface area contributed by atoms with E-state index in [4.69, 9.17) is 0 Å². The predicted octanol–water partition coefficient (Wildman–Crippen LogP) is 9.68. The molecule has 0 saturated heterocycles. The molecular weight excluding hydrogens is 560 g/mol. The summed E-state index contributed by atoms with van der Waals surface area (Å²) in [5.74, 6) is -4.07. The molecule has 6 atom stereocenters. The van der Waals surface area contributed by atoms with Gasteiger partial charge in [-0.05, 0) is 104 Å². The second-order valence-corrected chi connectivity index (χ2v) is 14.9. The Balaban J connectivity index is 6.96. The standard InChI is InChI=1S/C36H66O8/c1-9-13-19-33(5,29(37)38)23-17-27(25-35(7,31(41)42)21-15-11-3)28(26-36(8,32(43)44)22-16-12-4)18-24-34(6,30(39)40)20-14-10-2/h27-28H,9-26H2,1-8H3,(H,37,38)(H,39,40)(H,41,42)(H,43,44). The highest BCUT2D eigenvalue weighted by Crippen LogP contribution is 2.47. The van der Waals surface area contributed by atoms with Crippen molar-refractivity contribution in [3.63, 3.8) is 0 Å². The zero-order valence-corrected chi connectivity index (χ0v) is 29.3. The van der Waals surface area contributed by atoms with Crippen LogP contribution in [0.3, 0.4) is 0 Å². The van der Waals surface area contributed by atoms with E-state index in [0.29, 0.717) is 64.2 Å². The van der Waals surface area contributed by atoms with Crippen molar-refractivity contribution in [3.8, 4) is 0 Å². The molecule has 0 heterocycles. The molecule has 0 aromatic heterocycles. The first-order chi connectivity index (χ1) is 20.4. The lowest BCUT2D eigenvalue weighted by atomic mass is 9.64. The molecule has 6 unspecified atom stereocenters. The minimum Gasteiger partial charge on any atom is -0.481 e. The summed E-state index contributed by atoms with van der Waals surface area (Å²) in [6.45, 7) is 15.1. The van der Waals surface area contributed by atoms with Crippen LogP contribution in [0.15, 0.2) is 0 Å². The van der Waals surface area contributed by atoms with E-state index in [2.05, 4.69) is 0 Å². The number of unbranched alkanes of at least 4 members (excludes halogenated alkanes) is 4. The topological polar surface area (TPSA) is 149 Å². The third-order valence-electron chi connectivity index (χ3n) is 10.6. The summed E-state index contributed by atoms with van der Waals surface area (Å²) in [7, 11) is 0. The molecular formula is C36H66O8. The molecule has 0 aliphatic carbocycles. The number of hydrogen-bond acceptors (Lipinski definition) is 4. The minimum absolute atomic E-state index is 0.266. The summed E-state index contributed by atoms with van der Waals surface area (Å²) in [6, 6.07) is 0.